The Bertz CT molecular complexity index is 436. The van der Waals surface area contributed by atoms with Gasteiger partial charge in [0.2, 0.25) is 0 Å². The van der Waals surface area contributed by atoms with E-state index in [1.54, 1.807) is 12.1 Å². The Kier molecular flexibility index (Phi) is 5.46. The summed E-state index contributed by atoms with van der Waals surface area (Å²) in [5, 5.41) is 18.7. The van der Waals surface area contributed by atoms with E-state index in [0.717, 1.165) is 24.3 Å². The van der Waals surface area contributed by atoms with Gasteiger partial charge in [0, 0.05) is 5.46 Å². The van der Waals surface area contributed by atoms with Crippen molar-refractivity contribution in [2.24, 2.45) is 5.92 Å². The number of hydrogen-bond donors (Lipinski definition) is 2. The minimum atomic E-state index is -1.53. The largest absolute Gasteiger partial charge is 0.497 e. The molecule has 2 N–H and O–H groups in total. The standard InChI is InChI=1S/C15H23BO4/c1-11-4-3-5-13(8-11)20-10-12-6-7-15(19-2)14(9-12)16(17)18/h6-7,9,11,13,17-18H,3-5,8,10H2,1-2H3. The first-order valence-corrected chi connectivity index (χ1v) is 7.24. The van der Waals surface area contributed by atoms with Gasteiger partial charge >= 0.3 is 7.12 Å². The van der Waals surface area contributed by atoms with Crippen LogP contribution in [0.15, 0.2) is 18.2 Å². The molecule has 1 saturated carbocycles. The molecule has 110 valence electrons. The van der Waals surface area contributed by atoms with Crippen molar-refractivity contribution in [3.63, 3.8) is 0 Å². The zero-order chi connectivity index (χ0) is 14.5. The summed E-state index contributed by atoms with van der Waals surface area (Å²) in [6.07, 6.45) is 5.09. The van der Waals surface area contributed by atoms with E-state index < -0.39 is 7.12 Å². The molecule has 0 heterocycles. The van der Waals surface area contributed by atoms with E-state index in [-0.39, 0.29) is 0 Å². The van der Waals surface area contributed by atoms with Gasteiger partial charge in [0.25, 0.3) is 0 Å². The maximum Gasteiger partial charge on any atom is 0.492 e. The van der Waals surface area contributed by atoms with E-state index in [9.17, 15) is 10.0 Å². The molecule has 2 unspecified atom stereocenters. The Morgan fingerprint density at radius 2 is 2.10 bits per heavy atom. The average molecular weight is 278 g/mol. The average Bonchev–Trinajstić information content (AvgIpc) is 2.45. The molecule has 1 aliphatic rings. The lowest BCUT2D eigenvalue weighted by molar-refractivity contribution is 0.00468. The van der Waals surface area contributed by atoms with Gasteiger partial charge in [0.1, 0.15) is 5.75 Å². The van der Waals surface area contributed by atoms with Gasteiger partial charge < -0.3 is 19.5 Å². The minimum absolute atomic E-state index is 0.323. The number of methoxy groups -OCH3 is 1. The molecule has 2 rings (SSSR count). The van der Waals surface area contributed by atoms with Crippen LogP contribution in [0.3, 0.4) is 0 Å². The van der Waals surface area contributed by atoms with Crippen molar-refractivity contribution in [3.05, 3.63) is 23.8 Å². The molecule has 0 radical (unpaired) electrons. The summed E-state index contributed by atoms with van der Waals surface area (Å²) >= 11 is 0. The van der Waals surface area contributed by atoms with Crippen molar-refractivity contribution in [1.82, 2.24) is 0 Å². The van der Waals surface area contributed by atoms with Gasteiger partial charge in [-0.3, -0.25) is 0 Å². The van der Waals surface area contributed by atoms with Crippen LogP contribution < -0.4 is 10.2 Å². The normalized spacial score (nSPS) is 22.6. The molecule has 1 fully saturated rings. The van der Waals surface area contributed by atoms with Gasteiger partial charge in [0.05, 0.1) is 19.8 Å². The quantitative estimate of drug-likeness (QED) is 0.801. The lowest BCUT2D eigenvalue weighted by Gasteiger charge is -2.26. The molecule has 0 bridgehead atoms. The zero-order valence-corrected chi connectivity index (χ0v) is 12.2. The highest BCUT2D eigenvalue weighted by molar-refractivity contribution is 6.59. The third-order valence-electron chi connectivity index (χ3n) is 3.95. The fourth-order valence-corrected chi connectivity index (χ4v) is 2.82. The molecule has 4 nitrogen and oxygen atoms in total. The third-order valence-corrected chi connectivity index (χ3v) is 3.95. The first kappa shape index (κ1) is 15.4. The predicted molar refractivity (Wildman–Crippen MR) is 79.0 cm³/mol. The molecule has 1 aromatic rings. The van der Waals surface area contributed by atoms with Gasteiger partial charge in [-0.15, -0.1) is 0 Å². The minimum Gasteiger partial charge on any atom is -0.497 e. The molecule has 1 aliphatic carbocycles. The first-order chi connectivity index (χ1) is 9.60. The molecule has 2 atom stereocenters. The summed E-state index contributed by atoms with van der Waals surface area (Å²) in [6, 6.07) is 5.38. The van der Waals surface area contributed by atoms with E-state index >= 15 is 0 Å². The SMILES string of the molecule is COc1ccc(COC2CCCC(C)C2)cc1B(O)O. The summed E-state index contributed by atoms with van der Waals surface area (Å²) in [5.41, 5.74) is 1.32. The zero-order valence-electron chi connectivity index (χ0n) is 12.2. The van der Waals surface area contributed by atoms with Gasteiger partial charge in [0.15, 0.2) is 0 Å². The molecule has 0 saturated heterocycles. The second kappa shape index (κ2) is 7.11. The van der Waals surface area contributed by atoms with Crippen LogP contribution in [0.5, 0.6) is 5.75 Å². The van der Waals surface area contributed by atoms with Crippen molar-refractivity contribution in [2.75, 3.05) is 7.11 Å². The topological polar surface area (TPSA) is 58.9 Å². The number of benzene rings is 1. The fourth-order valence-electron chi connectivity index (χ4n) is 2.82. The van der Waals surface area contributed by atoms with E-state index in [0.29, 0.717) is 23.9 Å². The Morgan fingerprint density at radius 1 is 1.30 bits per heavy atom. The molecule has 0 aromatic heterocycles. The Morgan fingerprint density at radius 3 is 2.75 bits per heavy atom. The van der Waals surface area contributed by atoms with Gasteiger partial charge in [-0.1, -0.05) is 31.9 Å². The highest BCUT2D eigenvalue weighted by atomic mass is 16.5. The van der Waals surface area contributed by atoms with Crippen LogP contribution in [0.4, 0.5) is 0 Å². The third kappa shape index (κ3) is 3.98. The van der Waals surface area contributed by atoms with Crippen LogP contribution >= 0.6 is 0 Å². The first-order valence-electron chi connectivity index (χ1n) is 7.24. The maximum atomic E-state index is 9.35. The molecule has 1 aromatic carbocycles. The summed E-state index contributed by atoms with van der Waals surface area (Å²) < 4.78 is 11.1. The second-order valence-electron chi connectivity index (χ2n) is 5.65. The monoisotopic (exact) mass is 278 g/mol. The van der Waals surface area contributed by atoms with Crippen LogP contribution in [0.1, 0.15) is 38.2 Å². The maximum absolute atomic E-state index is 9.35. The summed E-state index contributed by atoms with van der Waals surface area (Å²) in [6.45, 7) is 2.77. The molecule has 0 spiro atoms. The van der Waals surface area contributed by atoms with Crippen LogP contribution in [-0.2, 0) is 11.3 Å². The molecular formula is C15H23BO4. The highest BCUT2D eigenvalue weighted by Gasteiger charge is 2.20. The molecule has 20 heavy (non-hydrogen) atoms. The molecule has 0 aliphatic heterocycles. The summed E-state index contributed by atoms with van der Waals surface area (Å²) in [5.74, 6) is 1.22. The van der Waals surface area contributed by atoms with Crippen molar-refractivity contribution in [3.8, 4) is 5.75 Å². The fraction of sp³-hybridized carbons (Fsp3) is 0.600. The van der Waals surface area contributed by atoms with Crippen LogP contribution in [0, 0.1) is 5.92 Å². The van der Waals surface area contributed by atoms with Gasteiger partial charge in [-0.05, 0) is 30.4 Å². The van der Waals surface area contributed by atoms with Gasteiger partial charge in [-0.2, -0.15) is 0 Å². The Balaban J connectivity index is 1.97. The van der Waals surface area contributed by atoms with E-state index in [1.165, 1.54) is 20.0 Å². The Labute approximate surface area is 120 Å². The van der Waals surface area contributed by atoms with E-state index in [1.807, 2.05) is 6.07 Å². The van der Waals surface area contributed by atoms with Gasteiger partial charge in [-0.25, -0.2) is 0 Å². The van der Waals surface area contributed by atoms with Crippen molar-refractivity contribution < 1.29 is 19.5 Å². The highest BCUT2D eigenvalue weighted by Crippen LogP contribution is 2.26. The predicted octanol–water partition coefficient (Wildman–Crippen LogP) is 1.47. The second-order valence-corrected chi connectivity index (χ2v) is 5.65. The van der Waals surface area contributed by atoms with E-state index in [4.69, 9.17) is 9.47 Å². The van der Waals surface area contributed by atoms with Crippen LogP contribution in [-0.4, -0.2) is 30.4 Å². The number of hydrogen-bond acceptors (Lipinski definition) is 4. The number of ether oxygens (including phenoxy) is 2. The smallest absolute Gasteiger partial charge is 0.492 e. The lowest BCUT2D eigenvalue weighted by Crippen LogP contribution is -2.31. The summed E-state index contributed by atoms with van der Waals surface area (Å²) in [4.78, 5) is 0. The Hall–Kier alpha value is -1.04. The lowest BCUT2D eigenvalue weighted by atomic mass is 9.79. The molecular weight excluding hydrogens is 255 g/mol. The summed E-state index contributed by atoms with van der Waals surface area (Å²) in [7, 11) is -0.0135. The van der Waals surface area contributed by atoms with Crippen LogP contribution in [0.25, 0.3) is 0 Å². The van der Waals surface area contributed by atoms with Crippen molar-refractivity contribution >= 4 is 12.6 Å². The number of rotatable bonds is 5. The molecule has 5 heteroatoms. The van der Waals surface area contributed by atoms with E-state index in [2.05, 4.69) is 6.92 Å². The van der Waals surface area contributed by atoms with Crippen molar-refractivity contribution in [2.45, 2.75) is 45.3 Å². The molecule has 0 amide bonds. The van der Waals surface area contributed by atoms with Crippen molar-refractivity contribution in [1.29, 1.82) is 0 Å². The van der Waals surface area contributed by atoms with Crippen LogP contribution in [0.2, 0.25) is 0 Å².